The first-order chi connectivity index (χ1) is 7.68. The Morgan fingerprint density at radius 1 is 1.44 bits per heavy atom. The summed E-state index contributed by atoms with van der Waals surface area (Å²) in [7, 11) is 0. The zero-order valence-corrected chi connectivity index (χ0v) is 9.79. The summed E-state index contributed by atoms with van der Waals surface area (Å²) in [5.74, 6) is 0.737. The molecule has 0 aromatic carbocycles. The number of fused-ring (bicyclic) bond motifs is 1. The molecule has 1 aromatic rings. The highest BCUT2D eigenvalue weighted by Gasteiger charge is 2.38. The molecule has 2 heterocycles. The van der Waals surface area contributed by atoms with Crippen molar-refractivity contribution in [1.82, 2.24) is 15.1 Å². The molecule has 1 saturated heterocycles. The molecule has 4 nitrogen and oxygen atoms in total. The van der Waals surface area contributed by atoms with Crippen molar-refractivity contribution in [2.75, 3.05) is 6.54 Å². The van der Waals surface area contributed by atoms with Crippen LogP contribution >= 0.6 is 0 Å². The van der Waals surface area contributed by atoms with Gasteiger partial charge in [0.25, 0.3) is 5.91 Å². The molecule has 86 valence electrons. The van der Waals surface area contributed by atoms with Gasteiger partial charge < -0.3 is 4.90 Å². The summed E-state index contributed by atoms with van der Waals surface area (Å²) in [5.41, 5.74) is 3.01. The van der Waals surface area contributed by atoms with Crippen LogP contribution in [0.25, 0.3) is 0 Å². The number of aromatic nitrogens is 2. The highest BCUT2D eigenvalue weighted by atomic mass is 16.2. The number of hydrogen-bond acceptors (Lipinski definition) is 2. The molecule has 2 aliphatic rings. The van der Waals surface area contributed by atoms with Crippen molar-refractivity contribution in [2.24, 2.45) is 5.92 Å². The minimum Gasteiger partial charge on any atom is -0.334 e. The molecule has 2 atom stereocenters. The van der Waals surface area contributed by atoms with Gasteiger partial charge in [-0.15, -0.1) is 0 Å². The standard InChI is InChI=1S/C12H17N3O/c1-7-6-15(8(7)2)12(16)11-9-4-3-5-10(9)13-14-11/h7-8H,3-6H2,1-2H3,(H,13,14). The van der Waals surface area contributed by atoms with E-state index in [1.165, 1.54) is 5.69 Å². The van der Waals surface area contributed by atoms with Gasteiger partial charge in [0.05, 0.1) is 0 Å². The fourth-order valence-corrected chi connectivity index (χ4v) is 2.70. The summed E-state index contributed by atoms with van der Waals surface area (Å²) < 4.78 is 0. The zero-order chi connectivity index (χ0) is 11.3. The molecular weight excluding hydrogens is 202 g/mol. The topological polar surface area (TPSA) is 49.0 Å². The van der Waals surface area contributed by atoms with E-state index >= 15 is 0 Å². The molecule has 0 radical (unpaired) electrons. The van der Waals surface area contributed by atoms with Crippen molar-refractivity contribution in [3.05, 3.63) is 17.0 Å². The van der Waals surface area contributed by atoms with Gasteiger partial charge in [0.2, 0.25) is 0 Å². The molecule has 1 aliphatic carbocycles. The van der Waals surface area contributed by atoms with Crippen LogP contribution in [0.4, 0.5) is 0 Å². The number of carbonyl (C=O) groups excluding carboxylic acids is 1. The van der Waals surface area contributed by atoms with Crippen LogP contribution in [-0.2, 0) is 12.8 Å². The first kappa shape index (κ1) is 9.87. The van der Waals surface area contributed by atoms with Crippen molar-refractivity contribution in [3.8, 4) is 0 Å². The van der Waals surface area contributed by atoms with Crippen molar-refractivity contribution in [1.29, 1.82) is 0 Å². The Kier molecular flexibility index (Phi) is 2.06. The highest BCUT2D eigenvalue weighted by molar-refractivity contribution is 5.94. The summed E-state index contributed by atoms with van der Waals surface area (Å²) in [5, 5.41) is 7.18. The maximum Gasteiger partial charge on any atom is 0.274 e. The number of aromatic amines is 1. The maximum atomic E-state index is 12.2. The number of rotatable bonds is 1. The van der Waals surface area contributed by atoms with Gasteiger partial charge in [-0.3, -0.25) is 9.89 Å². The molecular formula is C12H17N3O. The van der Waals surface area contributed by atoms with Crippen LogP contribution in [0, 0.1) is 5.92 Å². The van der Waals surface area contributed by atoms with Crippen LogP contribution in [0.15, 0.2) is 0 Å². The quantitative estimate of drug-likeness (QED) is 0.775. The fraction of sp³-hybridized carbons (Fsp3) is 0.667. The number of amides is 1. The van der Waals surface area contributed by atoms with Crippen LogP contribution in [0.5, 0.6) is 0 Å². The second-order valence-corrected chi connectivity index (χ2v) is 5.06. The largest absolute Gasteiger partial charge is 0.334 e. The van der Waals surface area contributed by atoms with Crippen LogP contribution < -0.4 is 0 Å². The zero-order valence-electron chi connectivity index (χ0n) is 9.79. The van der Waals surface area contributed by atoms with Gasteiger partial charge in [-0.2, -0.15) is 5.10 Å². The van der Waals surface area contributed by atoms with E-state index in [0.29, 0.717) is 17.7 Å². The Hall–Kier alpha value is -1.32. The fourth-order valence-electron chi connectivity index (χ4n) is 2.70. The van der Waals surface area contributed by atoms with Crippen LogP contribution in [-0.4, -0.2) is 33.6 Å². The molecule has 1 fully saturated rings. The third kappa shape index (κ3) is 1.22. The Morgan fingerprint density at radius 3 is 2.94 bits per heavy atom. The van der Waals surface area contributed by atoms with Gasteiger partial charge in [0.1, 0.15) is 0 Å². The number of nitrogens with zero attached hydrogens (tertiary/aromatic N) is 2. The molecule has 16 heavy (non-hydrogen) atoms. The lowest BCUT2D eigenvalue weighted by molar-refractivity contribution is 0.0263. The first-order valence-corrected chi connectivity index (χ1v) is 6.05. The number of likely N-dealkylation sites (tertiary alicyclic amines) is 1. The summed E-state index contributed by atoms with van der Waals surface area (Å²) in [6.07, 6.45) is 3.20. The Bertz CT molecular complexity index is 437. The van der Waals surface area contributed by atoms with E-state index in [4.69, 9.17) is 0 Å². The number of carbonyl (C=O) groups is 1. The first-order valence-electron chi connectivity index (χ1n) is 6.05. The maximum absolute atomic E-state index is 12.2. The Morgan fingerprint density at radius 2 is 2.25 bits per heavy atom. The number of hydrogen-bond donors (Lipinski definition) is 1. The second-order valence-electron chi connectivity index (χ2n) is 5.06. The molecule has 0 bridgehead atoms. The summed E-state index contributed by atoms with van der Waals surface area (Å²) in [6, 6.07) is 0.362. The van der Waals surface area contributed by atoms with E-state index in [1.807, 2.05) is 4.90 Å². The molecule has 1 aromatic heterocycles. The molecule has 3 rings (SSSR count). The predicted octanol–water partition coefficient (Wildman–Crippen LogP) is 1.38. The van der Waals surface area contributed by atoms with Crippen molar-refractivity contribution in [3.63, 3.8) is 0 Å². The number of aryl methyl sites for hydroxylation is 1. The average Bonchev–Trinajstić information content (AvgIpc) is 2.85. The van der Waals surface area contributed by atoms with E-state index < -0.39 is 0 Å². The van der Waals surface area contributed by atoms with E-state index in [0.717, 1.165) is 31.4 Å². The smallest absolute Gasteiger partial charge is 0.274 e. The molecule has 0 saturated carbocycles. The van der Waals surface area contributed by atoms with E-state index in [1.54, 1.807) is 0 Å². The van der Waals surface area contributed by atoms with E-state index in [2.05, 4.69) is 24.0 Å². The van der Waals surface area contributed by atoms with Gasteiger partial charge in [0, 0.05) is 23.8 Å². The van der Waals surface area contributed by atoms with Crippen LogP contribution in [0.2, 0.25) is 0 Å². The Labute approximate surface area is 95.0 Å². The monoisotopic (exact) mass is 219 g/mol. The minimum atomic E-state index is 0.116. The van der Waals surface area contributed by atoms with Gasteiger partial charge in [-0.25, -0.2) is 0 Å². The molecule has 1 aliphatic heterocycles. The second kappa shape index (κ2) is 3.34. The highest BCUT2D eigenvalue weighted by Crippen LogP contribution is 2.29. The predicted molar refractivity (Wildman–Crippen MR) is 60.3 cm³/mol. The van der Waals surface area contributed by atoms with Gasteiger partial charge >= 0.3 is 0 Å². The summed E-state index contributed by atoms with van der Waals surface area (Å²) in [4.78, 5) is 14.2. The van der Waals surface area contributed by atoms with Crippen molar-refractivity contribution >= 4 is 5.91 Å². The summed E-state index contributed by atoms with van der Waals surface area (Å²) >= 11 is 0. The average molecular weight is 219 g/mol. The Balaban J connectivity index is 1.85. The van der Waals surface area contributed by atoms with Crippen LogP contribution in [0.3, 0.4) is 0 Å². The number of nitrogens with one attached hydrogen (secondary N) is 1. The SMILES string of the molecule is CC1CN(C(=O)c2n[nH]c3c2CCC3)C1C. The van der Waals surface area contributed by atoms with Crippen LogP contribution in [0.1, 0.15) is 42.0 Å². The number of H-pyrrole nitrogens is 1. The molecule has 1 amide bonds. The third-order valence-corrected chi connectivity index (χ3v) is 4.07. The molecule has 1 N–H and O–H groups in total. The molecule has 4 heteroatoms. The lowest BCUT2D eigenvalue weighted by atomic mass is 9.91. The molecule has 2 unspecified atom stereocenters. The van der Waals surface area contributed by atoms with Crippen molar-refractivity contribution < 1.29 is 4.79 Å². The lowest BCUT2D eigenvalue weighted by Gasteiger charge is -2.44. The third-order valence-electron chi connectivity index (χ3n) is 4.07. The van der Waals surface area contributed by atoms with Gasteiger partial charge in [0.15, 0.2) is 5.69 Å². The molecule has 0 spiro atoms. The summed E-state index contributed by atoms with van der Waals surface area (Å²) in [6.45, 7) is 5.17. The van der Waals surface area contributed by atoms with E-state index in [-0.39, 0.29) is 5.91 Å². The normalized spacial score (nSPS) is 27.8. The lowest BCUT2D eigenvalue weighted by Crippen LogP contribution is -2.56. The van der Waals surface area contributed by atoms with Gasteiger partial charge in [-0.05, 0) is 32.1 Å². The van der Waals surface area contributed by atoms with E-state index in [9.17, 15) is 4.79 Å². The minimum absolute atomic E-state index is 0.116. The van der Waals surface area contributed by atoms with Crippen molar-refractivity contribution in [2.45, 2.75) is 39.2 Å². The van der Waals surface area contributed by atoms with Gasteiger partial charge in [-0.1, -0.05) is 6.92 Å².